The van der Waals surface area contributed by atoms with Crippen LogP contribution in [0.5, 0.6) is 5.75 Å². The van der Waals surface area contributed by atoms with Gasteiger partial charge in [0.1, 0.15) is 23.5 Å². The largest absolute Gasteiger partial charge is 0.484 e. The maximum atomic E-state index is 14.6. The summed E-state index contributed by atoms with van der Waals surface area (Å²) in [6.07, 6.45) is 0.201. The van der Waals surface area contributed by atoms with Crippen LogP contribution in [0.4, 0.5) is 14.5 Å². The molecule has 0 bridgehead atoms. The zero-order valence-electron chi connectivity index (χ0n) is 18.1. The number of hydrogen-bond acceptors (Lipinski definition) is 3. The third kappa shape index (κ3) is 5.59. The second-order valence-electron chi connectivity index (χ2n) is 8.16. The standard InChI is InChI=1S/C26H27ClF2N2O/c1-19-6-11-23(27)26(18-19)32-25(22-4-2-3-5-24(22)29)12-13-30-14-16-31(17-15-30)21-9-7-20(28)8-10-21/h2-11,18,25H,12-17H2,1H3. The van der Waals surface area contributed by atoms with E-state index in [0.717, 1.165) is 44.0 Å². The molecule has 32 heavy (non-hydrogen) atoms. The Labute approximate surface area is 193 Å². The zero-order chi connectivity index (χ0) is 22.5. The minimum atomic E-state index is -0.439. The highest BCUT2D eigenvalue weighted by atomic mass is 35.5. The Bertz CT molecular complexity index is 1040. The predicted molar refractivity (Wildman–Crippen MR) is 126 cm³/mol. The molecule has 1 saturated heterocycles. The number of anilines is 1. The van der Waals surface area contributed by atoms with Gasteiger partial charge < -0.3 is 9.64 Å². The first kappa shape index (κ1) is 22.6. The van der Waals surface area contributed by atoms with Crippen molar-refractivity contribution in [1.82, 2.24) is 4.90 Å². The summed E-state index contributed by atoms with van der Waals surface area (Å²) in [6.45, 7) is 6.24. The fraction of sp³-hybridized carbons (Fsp3) is 0.308. The molecule has 168 valence electrons. The van der Waals surface area contributed by atoms with E-state index in [4.69, 9.17) is 16.3 Å². The Hall–Kier alpha value is -2.63. The maximum Gasteiger partial charge on any atom is 0.139 e. The molecular formula is C26H27ClF2N2O. The average molecular weight is 457 g/mol. The lowest BCUT2D eigenvalue weighted by molar-refractivity contribution is 0.157. The van der Waals surface area contributed by atoms with Gasteiger partial charge in [-0.25, -0.2) is 8.78 Å². The molecular weight excluding hydrogens is 430 g/mol. The molecule has 3 aromatic rings. The number of hydrogen-bond donors (Lipinski definition) is 0. The van der Waals surface area contributed by atoms with Crippen LogP contribution in [-0.4, -0.2) is 37.6 Å². The van der Waals surface area contributed by atoms with Crippen LogP contribution in [0.3, 0.4) is 0 Å². The van der Waals surface area contributed by atoms with Crippen molar-refractivity contribution >= 4 is 17.3 Å². The second kappa shape index (κ2) is 10.3. The smallest absolute Gasteiger partial charge is 0.139 e. The topological polar surface area (TPSA) is 15.7 Å². The minimum Gasteiger partial charge on any atom is -0.484 e. The molecule has 6 heteroatoms. The Kier molecular flexibility index (Phi) is 7.28. The van der Waals surface area contributed by atoms with Gasteiger partial charge in [0, 0.05) is 50.4 Å². The van der Waals surface area contributed by atoms with E-state index < -0.39 is 6.10 Å². The van der Waals surface area contributed by atoms with Gasteiger partial charge in [-0.3, -0.25) is 4.90 Å². The van der Waals surface area contributed by atoms with Crippen molar-refractivity contribution in [3.05, 3.63) is 94.5 Å². The minimum absolute atomic E-state index is 0.222. The number of halogens is 3. The fourth-order valence-electron chi connectivity index (χ4n) is 4.05. The van der Waals surface area contributed by atoms with Gasteiger partial charge in [0.2, 0.25) is 0 Å². The highest BCUT2D eigenvalue weighted by molar-refractivity contribution is 6.32. The normalized spacial score (nSPS) is 15.6. The van der Waals surface area contributed by atoms with Crippen molar-refractivity contribution < 1.29 is 13.5 Å². The van der Waals surface area contributed by atoms with Gasteiger partial charge in [0.05, 0.1) is 5.02 Å². The van der Waals surface area contributed by atoms with E-state index >= 15 is 0 Å². The van der Waals surface area contributed by atoms with E-state index in [1.54, 1.807) is 18.2 Å². The Balaban J connectivity index is 1.41. The van der Waals surface area contributed by atoms with Crippen LogP contribution in [0.15, 0.2) is 66.7 Å². The number of rotatable bonds is 7. The van der Waals surface area contributed by atoms with Crippen LogP contribution in [0.2, 0.25) is 5.02 Å². The van der Waals surface area contributed by atoms with Crippen LogP contribution in [0.1, 0.15) is 23.7 Å². The van der Waals surface area contributed by atoms with Crippen LogP contribution >= 0.6 is 11.6 Å². The molecule has 0 aliphatic carbocycles. The predicted octanol–water partition coefficient (Wildman–Crippen LogP) is 6.26. The SMILES string of the molecule is Cc1ccc(Cl)c(OC(CCN2CCN(c3ccc(F)cc3)CC2)c2ccccc2F)c1. The number of piperazine rings is 1. The molecule has 3 aromatic carbocycles. The molecule has 1 aliphatic heterocycles. The first-order chi connectivity index (χ1) is 15.5. The van der Waals surface area contributed by atoms with Gasteiger partial charge in [0.15, 0.2) is 0 Å². The van der Waals surface area contributed by atoms with Crippen LogP contribution in [0, 0.1) is 18.6 Å². The first-order valence-corrected chi connectivity index (χ1v) is 11.3. The van der Waals surface area contributed by atoms with Gasteiger partial charge in [0.25, 0.3) is 0 Å². The molecule has 0 N–H and O–H groups in total. The summed E-state index contributed by atoms with van der Waals surface area (Å²) in [5, 5.41) is 0.518. The molecule has 1 heterocycles. The molecule has 0 saturated carbocycles. The monoisotopic (exact) mass is 456 g/mol. The van der Waals surface area contributed by atoms with Crippen molar-refractivity contribution in [2.75, 3.05) is 37.6 Å². The highest BCUT2D eigenvalue weighted by Crippen LogP contribution is 2.32. The lowest BCUT2D eigenvalue weighted by Crippen LogP contribution is -2.46. The summed E-state index contributed by atoms with van der Waals surface area (Å²) in [5.74, 6) is 0.0729. The number of aryl methyl sites for hydroxylation is 1. The molecule has 3 nitrogen and oxygen atoms in total. The zero-order valence-corrected chi connectivity index (χ0v) is 18.9. The van der Waals surface area contributed by atoms with Crippen molar-refractivity contribution in [3.8, 4) is 5.75 Å². The molecule has 4 rings (SSSR count). The van der Waals surface area contributed by atoms with Crippen LogP contribution in [-0.2, 0) is 0 Å². The summed E-state index contributed by atoms with van der Waals surface area (Å²) in [4.78, 5) is 4.61. The number of ether oxygens (including phenoxy) is 1. The molecule has 0 radical (unpaired) electrons. The second-order valence-corrected chi connectivity index (χ2v) is 8.56. The van der Waals surface area contributed by atoms with Crippen LogP contribution < -0.4 is 9.64 Å². The van der Waals surface area contributed by atoms with E-state index in [2.05, 4.69) is 9.80 Å². The van der Waals surface area contributed by atoms with Crippen LogP contribution in [0.25, 0.3) is 0 Å². The van der Waals surface area contributed by atoms with Crippen molar-refractivity contribution in [3.63, 3.8) is 0 Å². The lowest BCUT2D eigenvalue weighted by atomic mass is 10.0. The van der Waals surface area contributed by atoms with Crippen molar-refractivity contribution in [2.24, 2.45) is 0 Å². The van der Waals surface area contributed by atoms with Gasteiger partial charge in [-0.05, 0) is 55.0 Å². The molecule has 1 fully saturated rings. The van der Waals surface area contributed by atoms with Gasteiger partial charge >= 0.3 is 0 Å². The van der Waals surface area contributed by atoms with E-state index in [1.165, 1.54) is 18.2 Å². The lowest BCUT2D eigenvalue weighted by Gasteiger charge is -2.36. The van der Waals surface area contributed by atoms with E-state index in [1.807, 2.05) is 37.3 Å². The molecule has 0 aromatic heterocycles. The summed E-state index contributed by atoms with van der Waals surface area (Å²) in [5.41, 5.74) is 2.61. The molecule has 1 aliphatic rings. The van der Waals surface area contributed by atoms with E-state index in [9.17, 15) is 8.78 Å². The Morgan fingerprint density at radius 3 is 2.38 bits per heavy atom. The maximum absolute atomic E-state index is 14.6. The summed E-state index contributed by atoms with van der Waals surface area (Å²) >= 11 is 6.34. The Morgan fingerprint density at radius 1 is 0.938 bits per heavy atom. The third-order valence-electron chi connectivity index (χ3n) is 5.88. The van der Waals surface area contributed by atoms with Gasteiger partial charge in [-0.2, -0.15) is 0 Å². The van der Waals surface area contributed by atoms with Gasteiger partial charge in [-0.15, -0.1) is 0 Å². The fourth-order valence-corrected chi connectivity index (χ4v) is 4.21. The Morgan fingerprint density at radius 2 is 1.66 bits per heavy atom. The molecule has 1 atom stereocenters. The number of benzene rings is 3. The highest BCUT2D eigenvalue weighted by Gasteiger charge is 2.22. The quantitative estimate of drug-likeness (QED) is 0.417. The molecule has 0 spiro atoms. The third-order valence-corrected chi connectivity index (χ3v) is 6.19. The van der Waals surface area contributed by atoms with E-state index in [-0.39, 0.29) is 11.6 Å². The molecule has 0 amide bonds. The summed E-state index contributed by atoms with van der Waals surface area (Å²) in [6, 6.07) is 19.0. The number of nitrogens with zero attached hydrogens (tertiary/aromatic N) is 2. The molecule has 1 unspecified atom stereocenters. The average Bonchev–Trinajstić information content (AvgIpc) is 2.80. The first-order valence-electron chi connectivity index (χ1n) is 10.9. The summed E-state index contributed by atoms with van der Waals surface area (Å²) < 4.78 is 34.0. The van der Waals surface area contributed by atoms with E-state index in [0.29, 0.717) is 22.8 Å². The van der Waals surface area contributed by atoms with Gasteiger partial charge in [-0.1, -0.05) is 35.9 Å². The summed E-state index contributed by atoms with van der Waals surface area (Å²) in [7, 11) is 0. The van der Waals surface area contributed by atoms with Crippen molar-refractivity contribution in [1.29, 1.82) is 0 Å². The van der Waals surface area contributed by atoms with Crippen molar-refractivity contribution in [2.45, 2.75) is 19.4 Å².